The molecule has 1 saturated heterocycles. The third-order valence-electron chi connectivity index (χ3n) is 2.81. The molecule has 0 aromatic carbocycles. The van der Waals surface area contributed by atoms with Gasteiger partial charge in [-0.1, -0.05) is 11.6 Å². The first kappa shape index (κ1) is 13.1. The average Bonchev–Trinajstić information content (AvgIpc) is 2.27. The Labute approximate surface area is 110 Å². The third-order valence-corrected chi connectivity index (χ3v) is 3.12. The summed E-state index contributed by atoms with van der Waals surface area (Å²) < 4.78 is 5.63. The number of hydrogen-bond acceptors (Lipinski definition) is 4. The predicted octanol–water partition coefficient (Wildman–Crippen LogP) is 2.05. The van der Waals surface area contributed by atoms with Gasteiger partial charge in [-0.05, 0) is 19.9 Å². The van der Waals surface area contributed by atoms with Gasteiger partial charge in [0, 0.05) is 19.3 Å². The van der Waals surface area contributed by atoms with Crippen molar-refractivity contribution in [1.82, 2.24) is 4.98 Å². The minimum atomic E-state index is -1.04. The normalized spacial score (nSPS) is 24.1. The van der Waals surface area contributed by atoms with Gasteiger partial charge in [0.05, 0.1) is 22.8 Å². The zero-order chi connectivity index (χ0) is 13.3. The van der Waals surface area contributed by atoms with Gasteiger partial charge < -0.3 is 14.7 Å². The molecule has 1 fully saturated rings. The summed E-state index contributed by atoms with van der Waals surface area (Å²) in [5.74, 6) is -0.420. The lowest BCUT2D eigenvalue weighted by Gasteiger charge is -2.36. The number of carboxylic acids is 1. The molecule has 2 atom stereocenters. The zero-order valence-corrected chi connectivity index (χ0v) is 11.0. The molecular weight excluding hydrogens is 256 g/mol. The highest BCUT2D eigenvalue weighted by Crippen LogP contribution is 2.23. The number of aromatic nitrogens is 1. The van der Waals surface area contributed by atoms with E-state index in [-0.39, 0.29) is 22.8 Å². The second-order valence-corrected chi connectivity index (χ2v) is 4.90. The van der Waals surface area contributed by atoms with Crippen LogP contribution in [-0.4, -0.2) is 41.4 Å². The third kappa shape index (κ3) is 2.73. The molecule has 0 amide bonds. The van der Waals surface area contributed by atoms with E-state index in [1.165, 1.54) is 12.3 Å². The summed E-state index contributed by atoms with van der Waals surface area (Å²) in [5.41, 5.74) is 0.0773. The Kier molecular flexibility index (Phi) is 3.73. The summed E-state index contributed by atoms with van der Waals surface area (Å²) in [6, 6.07) is 1.51. The fourth-order valence-corrected chi connectivity index (χ4v) is 2.31. The van der Waals surface area contributed by atoms with Crippen molar-refractivity contribution >= 4 is 23.4 Å². The van der Waals surface area contributed by atoms with E-state index in [4.69, 9.17) is 21.4 Å². The van der Waals surface area contributed by atoms with Crippen molar-refractivity contribution in [2.45, 2.75) is 26.1 Å². The fourth-order valence-electron chi connectivity index (χ4n) is 2.13. The summed E-state index contributed by atoms with van der Waals surface area (Å²) in [6.45, 7) is 5.35. The van der Waals surface area contributed by atoms with Gasteiger partial charge in [-0.3, -0.25) is 0 Å². The Balaban J connectivity index is 2.28. The summed E-state index contributed by atoms with van der Waals surface area (Å²) in [6.07, 6.45) is 1.57. The number of anilines is 1. The van der Waals surface area contributed by atoms with Crippen molar-refractivity contribution < 1.29 is 14.6 Å². The Morgan fingerprint density at radius 3 is 2.67 bits per heavy atom. The molecule has 2 rings (SSSR count). The predicted molar refractivity (Wildman–Crippen MR) is 68.4 cm³/mol. The van der Waals surface area contributed by atoms with Crippen LogP contribution < -0.4 is 4.90 Å². The van der Waals surface area contributed by atoms with Crippen molar-refractivity contribution in [3.05, 3.63) is 22.8 Å². The second kappa shape index (κ2) is 5.12. The molecule has 0 aliphatic carbocycles. The maximum atomic E-state index is 11.0. The number of carbonyl (C=O) groups is 1. The molecular formula is C12H15ClN2O3. The van der Waals surface area contributed by atoms with Crippen molar-refractivity contribution in [3.63, 3.8) is 0 Å². The van der Waals surface area contributed by atoms with E-state index in [9.17, 15) is 4.79 Å². The van der Waals surface area contributed by atoms with E-state index in [0.29, 0.717) is 18.9 Å². The molecule has 98 valence electrons. The first-order valence-corrected chi connectivity index (χ1v) is 6.14. The Morgan fingerprint density at radius 2 is 2.11 bits per heavy atom. The second-order valence-electron chi connectivity index (χ2n) is 4.49. The lowest BCUT2D eigenvalue weighted by atomic mass is 10.2. The molecule has 2 heterocycles. The largest absolute Gasteiger partial charge is 0.478 e. The number of nitrogens with zero attached hydrogens (tertiary/aromatic N) is 2. The molecule has 0 bridgehead atoms. The van der Waals surface area contributed by atoms with E-state index in [1.54, 1.807) is 0 Å². The number of ether oxygens (including phenoxy) is 1. The van der Waals surface area contributed by atoms with E-state index in [2.05, 4.69) is 4.98 Å². The van der Waals surface area contributed by atoms with Gasteiger partial charge >= 0.3 is 5.97 Å². The van der Waals surface area contributed by atoms with Crippen molar-refractivity contribution in [2.24, 2.45) is 0 Å². The van der Waals surface area contributed by atoms with Gasteiger partial charge in [0.15, 0.2) is 0 Å². The number of morpholine rings is 1. The lowest BCUT2D eigenvalue weighted by Crippen LogP contribution is -2.45. The Morgan fingerprint density at radius 1 is 1.50 bits per heavy atom. The molecule has 6 heteroatoms. The molecule has 1 aliphatic rings. The number of aromatic carboxylic acids is 1. The van der Waals surface area contributed by atoms with Crippen LogP contribution in [0.1, 0.15) is 24.2 Å². The van der Waals surface area contributed by atoms with Gasteiger partial charge in [0.25, 0.3) is 0 Å². The zero-order valence-electron chi connectivity index (χ0n) is 10.3. The molecule has 0 unspecified atom stereocenters. The maximum Gasteiger partial charge on any atom is 0.337 e. The summed E-state index contributed by atoms with van der Waals surface area (Å²) in [5, 5.41) is 9.19. The molecule has 0 saturated carbocycles. The van der Waals surface area contributed by atoms with Crippen LogP contribution in [0.2, 0.25) is 5.02 Å². The molecule has 0 radical (unpaired) electrons. The van der Waals surface area contributed by atoms with Crippen molar-refractivity contribution in [1.29, 1.82) is 0 Å². The number of carboxylic acid groups (broad SMARTS) is 1. The van der Waals surface area contributed by atoms with E-state index >= 15 is 0 Å². The molecule has 18 heavy (non-hydrogen) atoms. The monoisotopic (exact) mass is 270 g/mol. The Hall–Kier alpha value is -1.33. The van der Waals surface area contributed by atoms with Crippen LogP contribution in [-0.2, 0) is 4.74 Å². The number of halogens is 1. The highest BCUT2D eigenvalue weighted by molar-refractivity contribution is 6.33. The van der Waals surface area contributed by atoms with Crippen LogP contribution in [0.4, 0.5) is 5.82 Å². The highest BCUT2D eigenvalue weighted by atomic mass is 35.5. The van der Waals surface area contributed by atoms with Crippen LogP contribution in [0.5, 0.6) is 0 Å². The summed E-state index contributed by atoms with van der Waals surface area (Å²) in [4.78, 5) is 17.2. The van der Waals surface area contributed by atoms with Crippen LogP contribution in [0.15, 0.2) is 12.3 Å². The quantitative estimate of drug-likeness (QED) is 0.891. The molecule has 5 nitrogen and oxygen atoms in total. The number of pyridine rings is 1. The van der Waals surface area contributed by atoms with Gasteiger partial charge in [-0.25, -0.2) is 9.78 Å². The fraction of sp³-hybridized carbons (Fsp3) is 0.500. The van der Waals surface area contributed by atoms with Crippen LogP contribution in [0.25, 0.3) is 0 Å². The first-order valence-electron chi connectivity index (χ1n) is 5.76. The van der Waals surface area contributed by atoms with E-state index in [0.717, 1.165) is 0 Å². The average molecular weight is 271 g/mol. The minimum Gasteiger partial charge on any atom is -0.478 e. The van der Waals surface area contributed by atoms with Crippen molar-refractivity contribution in [2.75, 3.05) is 18.0 Å². The standard InChI is InChI=1S/C12H15ClN2O3/c1-7-5-15(6-8(2)18-7)11-3-9(12(16)17)10(13)4-14-11/h3-4,7-8H,5-6H2,1-2H3,(H,16,17)/t7-,8+. The van der Waals surface area contributed by atoms with Gasteiger partial charge in [-0.15, -0.1) is 0 Å². The first-order chi connectivity index (χ1) is 8.47. The SMILES string of the molecule is C[C@@H]1CN(c2cc(C(=O)O)c(Cl)cn2)C[C@H](C)O1. The maximum absolute atomic E-state index is 11.0. The Bertz CT molecular complexity index is 457. The van der Waals surface area contributed by atoms with Crippen molar-refractivity contribution in [3.8, 4) is 0 Å². The van der Waals surface area contributed by atoms with Crippen LogP contribution >= 0.6 is 11.6 Å². The lowest BCUT2D eigenvalue weighted by molar-refractivity contribution is -0.00545. The van der Waals surface area contributed by atoms with Crippen LogP contribution in [0.3, 0.4) is 0 Å². The smallest absolute Gasteiger partial charge is 0.337 e. The van der Waals surface area contributed by atoms with Gasteiger partial charge in [0.1, 0.15) is 5.82 Å². The molecule has 0 spiro atoms. The highest BCUT2D eigenvalue weighted by Gasteiger charge is 2.24. The summed E-state index contributed by atoms with van der Waals surface area (Å²) in [7, 11) is 0. The van der Waals surface area contributed by atoms with E-state index < -0.39 is 5.97 Å². The number of hydrogen-bond donors (Lipinski definition) is 1. The molecule has 1 aromatic rings. The van der Waals surface area contributed by atoms with Gasteiger partial charge in [0.2, 0.25) is 0 Å². The number of rotatable bonds is 2. The molecule has 1 aromatic heterocycles. The molecule has 1 aliphatic heterocycles. The van der Waals surface area contributed by atoms with E-state index in [1.807, 2.05) is 18.7 Å². The topological polar surface area (TPSA) is 62.7 Å². The summed E-state index contributed by atoms with van der Waals surface area (Å²) >= 11 is 5.80. The molecule has 1 N–H and O–H groups in total. The van der Waals surface area contributed by atoms with Gasteiger partial charge in [-0.2, -0.15) is 0 Å². The minimum absolute atomic E-state index is 0.0773. The van der Waals surface area contributed by atoms with Crippen LogP contribution in [0, 0.1) is 0 Å².